The summed E-state index contributed by atoms with van der Waals surface area (Å²) in [5.41, 5.74) is 2.52. The highest BCUT2D eigenvalue weighted by Gasteiger charge is 2.22. The average molecular weight is 220 g/mol. The molecule has 0 saturated carbocycles. The molecule has 0 spiro atoms. The monoisotopic (exact) mass is 220 g/mol. The maximum absolute atomic E-state index is 11.8. The largest absolute Gasteiger partial charge is 0.507 e. The van der Waals surface area contributed by atoms with Gasteiger partial charge < -0.3 is 9.84 Å². The molecule has 1 aliphatic rings. The summed E-state index contributed by atoms with van der Waals surface area (Å²) < 4.78 is 4.98. The molecule has 0 fully saturated rings. The SMILES string of the molecule is CCOC(=O)c1c(O)ccc2c1CCCC2. The van der Waals surface area contributed by atoms with Crippen molar-refractivity contribution in [2.75, 3.05) is 6.61 Å². The number of aryl methyl sites for hydroxylation is 1. The summed E-state index contributed by atoms with van der Waals surface area (Å²) >= 11 is 0. The van der Waals surface area contributed by atoms with Crippen LogP contribution in [0.15, 0.2) is 12.1 Å². The van der Waals surface area contributed by atoms with Gasteiger partial charge in [-0.05, 0) is 49.8 Å². The predicted molar refractivity (Wildman–Crippen MR) is 60.7 cm³/mol. The van der Waals surface area contributed by atoms with Gasteiger partial charge in [-0.3, -0.25) is 0 Å². The zero-order chi connectivity index (χ0) is 11.5. The highest BCUT2D eigenvalue weighted by molar-refractivity contribution is 5.94. The van der Waals surface area contributed by atoms with Crippen molar-refractivity contribution in [1.29, 1.82) is 0 Å². The van der Waals surface area contributed by atoms with Crippen molar-refractivity contribution in [3.8, 4) is 5.75 Å². The van der Waals surface area contributed by atoms with Crippen LogP contribution in [0.2, 0.25) is 0 Å². The third kappa shape index (κ3) is 1.90. The molecule has 1 aromatic carbocycles. The Labute approximate surface area is 95.0 Å². The number of benzene rings is 1. The number of ether oxygens (including phenoxy) is 1. The highest BCUT2D eigenvalue weighted by Crippen LogP contribution is 2.30. The topological polar surface area (TPSA) is 46.5 Å². The molecule has 2 rings (SSSR count). The minimum Gasteiger partial charge on any atom is -0.507 e. The molecule has 1 aliphatic carbocycles. The minimum atomic E-state index is -0.404. The molecular weight excluding hydrogens is 204 g/mol. The van der Waals surface area contributed by atoms with E-state index in [1.165, 1.54) is 5.56 Å². The second-order valence-electron chi connectivity index (χ2n) is 4.02. The minimum absolute atomic E-state index is 0.0408. The molecule has 0 unspecified atom stereocenters. The highest BCUT2D eigenvalue weighted by atomic mass is 16.5. The van der Waals surface area contributed by atoms with Gasteiger partial charge in [0.25, 0.3) is 0 Å². The first-order valence-corrected chi connectivity index (χ1v) is 5.75. The Balaban J connectivity index is 2.45. The number of phenols is 1. The van der Waals surface area contributed by atoms with Gasteiger partial charge in [-0.15, -0.1) is 0 Å². The number of rotatable bonds is 2. The van der Waals surface area contributed by atoms with Crippen LogP contribution >= 0.6 is 0 Å². The molecule has 0 atom stereocenters. The van der Waals surface area contributed by atoms with Crippen molar-refractivity contribution >= 4 is 5.97 Å². The standard InChI is InChI=1S/C13H16O3/c1-2-16-13(15)12-10-6-4-3-5-9(10)7-8-11(12)14/h7-8,14H,2-6H2,1H3. The fourth-order valence-electron chi connectivity index (χ4n) is 2.25. The Bertz CT molecular complexity index is 410. The lowest BCUT2D eigenvalue weighted by molar-refractivity contribution is 0.0521. The van der Waals surface area contributed by atoms with Crippen LogP contribution in [0, 0.1) is 0 Å². The van der Waals surface area contributed by atoms with Crippen molar-refractivity contribution in [3.63, 3.8) is 0 Å². The van der Waals surface area contributed by atoms with Crippen LogP contribution in [-0.2, 0) is 17.6 Å². The molecule has 16 heavy (non-hydrogen) atoms. The number of aromatic hydroxyl groups is 1. The molecule has 1 N–H and O–H groups in total. The van der Waals surface area contributed by atoms with Crippen molar-refractivity contribution in [3.05, 3.63) is 28.8 Å². The Kier molecular flexibility index (Phi) is 3.13. The number of carbonyl (C=O) groups excluding carboxylic acids is 1. The molecule has 0 amide bonds. The third-order valence-corrected chi connectivity index (χ3v) is 2.99. The van der Waals surface area contributed by atoms with E-state index < -0.39 is 5.97 Å². The normalized spacial score (nSPS) is 14.3. The second-order valence-corrected chi connectivity index (χ2v) is 4.02. The lowest BCUT2D eigenvalue weighted by atomic mass is 9.88. The fraction of sp³-hybridized carbons (Fsp3) is 0.462. The van der Waals surface area contributed by atoms with Gasteiger partial charge in [0, 0.05) is 0 Å². The van der Waals surface area contributed by atoms with Crippen molar-refractivity contribution in [2.45, 2.75) is 32.6 Å². The molecule has 3 nitrogen and oxygen atoms in total. The molecule has 0 radical (unpaired) electrons. The molecule has 0 aliphatic heterocycles. The Morgan fingerprint density at radius 2 is 2.12 bits per heavy atom. The molecule has 1 aromatic rings. The van der Waals surface area contributed by atoms with E-state index in [-0.39, 0.29) is 5.75 Å². The van der Waals surface area contributed by atoms with Crippen LogP contribution in [-0.4, -0.2) is 17.7 Å². The Morgan fingerprint density at radius 3 is 2.88 bits per heavy atom. The lowest BCUT2D eigenvalue weighted by Crippen LogP contribution is -2.13. The van der Waals surface area contributed by atoms with Gasteiger partial charge in [0.1, 0.15) is 11.3 Å². The van der Waals surface area contributed by atoms with Gasteiger partial charge in [0.15, 0.2) is 0 Å². The quantitative estimate of drug-likeness (QED) is 0.779. The van der Waals surface area contributed by atoms with E-state index in [0.717, 1.165) is 31.2 Å². The molecular formula is C13H16O3. The smallest absolute Gasteiger partial charge is 0.342 e. The zero-order valence-corrected chi connectivity index (χ0v) is 9.45. The van der Waals surface area contributed by atoms with E-state index in [4.69, 9.17) is 4.74 Å². The van der Waals surface area contributed by atoms with Crippen molar-refractivity contribution in [1.82, 2.24) is 0 Å². The summed E-state index contributed by atoms with van der Waals surface area (Å²) in [5.74, 6) is -0.363. The number of esters is 1. The summed E-state index contributed by atoms with van der Waals surface area (Å²) in [6.07, 6.45) is 4.07. The first-order valence-electron chi connectivity index (χ1n) is 5.75. The molecule has 86 valence electrons. The van der Waals surface area contributed by atoms with Gasteiger partial charge in [0.05, 0.1) is 6.61 Å². The molecule has 0 aromatic heterocycles. The Hall–Kier alpha value is -1.51. The van der Waals surface area contributed by atoms with Crippen LogP contribution in [0.5, 0.6) is 5.75 Å². The first kappa shape index (κ1) is 11.0. The number of fused-ring (bicyclic) bond motifs is 1. The summed E-state index contributed by atoms with van der Waals surface area (Å²) in [5, 5.41) is 9.76. The number of phenolic OH excluding ortho intramolecular Hbond substituents is 1. The molecule has 3 heteroatoms. The van der Waals surface area contributed by atoms with Gasteiger partial charge in [-0.25, -0.2) is 4.79 Å². The van der Waals surface area contributed by atoms with Crippen molar-refractivity contribution in [2.24, 2.45) is 0 Å². The van der Waals surface area contributed by atoms with E-state index in [9.17, 15) is 9.90 Å². The van der Waals surface area contributed by atoms with Crippen LogP contribution in [0.3, 0.4) is 0 Å². The molecule has 0 saturated heterocycles. The van der Waals surface area contributed by atoms with Gasteiger partial charge >= 0.3 is 5.97 Å². The zero-order valence-electron chi connectivity index (χ0n) is 9.45. The maximum Gasteiger partial charge on any atom is 0.342 e. The summed E-state index contributed by atoms with van der Waals surface area (Å²) in [6, 6.07) is 3.50. The fourth-order valence-corrected chi connectivity index (χ4v) is 2.25. The number of hydrogen-bond donors (Lipinski definition) is 1. The lowest BCUT2D eigenvalue weighted by Gasteiger charge is -2.19. The number of carbonyl (C=O) groups is 1. The summed E-state index contributed by atoms with van der Waals surface area (Å²) in [7, 11) is 0. The first-order chi connectivity index (χ1) is 7.74. The van der Waals surface area contributed by atoms with E-state index in [1.807, 2.05) is 6.07 Å². The van der Waals surface area contributed by atoms with E-state index in [1.54, 1.807) is 13.0 Å². The summed E-state index contributed by atoms with van der Waals surface area (Å²) in [4.78, 5) is 11.8. The van der Waals surface area contributed by atoms with E-state index >= 15 is 0 Å². The van der Waals surface area contributed by atoms with Crippen LogP contribution in [0.1, 0.15) is 41.3 Å². The Morgan fingerprint density at radius 1 is 1.38 bits per heavy atom. The maximum atomic E-state index is 11.8. The van der Waals surface area contributed by atoms with Crippen molar-refractivity contribution < 1.29 is 14.6 Å². The second kappa shape index (κ2) is 4.56. The number of hydrogen-bond acceptors (Lipinski definition) is 3. The molecule has 0 heterocycles. The summed E-state index contributed by atoms with van der Waals surface area (Å²) in [6.45, 7) is 2.10. The van der Waals surface area contributed by atoms with E-state index in [2.05, 4.69) is 0 Å². The van der Waals surface area contributed by atoms with Gasteiger partial charge in [-0.1, -0.05) is 6.07 Å². The van der Waals surface area contributed by atoms with E-state index in [0.29, 0.717) is 12.2 Å². The van der Waals surface area contributed by atoms with Gasteiger partial charge in [-0.2, -0.15) is 0 Å². The van der Waals surface area contributed by atoms with Crippen LogP contribution in [0.25, 0.3) is 0 Å². The average Bonchev–Trinajstić information content (AvgIpc) is 2.29. The van der Waals surface area contributed by atoms with Gasteiger partial charge in [0.2, 0.25) is 0 Å². The van der Waals surface area contributed by atoms with Crippen LogP contribution in [0.4, 0.5) is 0 Å². The molecule has 0 bridgehead atoms. The predicted octanol–water partition coefficient (Wildman–Crippen LogP) is 2.45. The van der Waals surface area contributed by atoms with Crippen LogP contribution < -0.4 is 0 Å². The third-order valence-electron chi connectivity index (χ3n) is 2.99.